The molecule has 0 heterocycles. The summed E-state index contributed by atoms with van der Waals surface area (Å²) in [6.07, 6.45) is 0. The zero-order chi connectivity index (χ0) is 9.50. The monoisotopic (exact) mass is 226 g/mol. The second-order valence-corrected chi connectivity index (χ2v) is 7.26. The van der Waals surface area contributed by atoms with E-state index in [1.165, 1.54) is 0 Å². The molecule has 0 fully saturated rings. The first-order chi connectivity index (χ1) is 4.50. The van der Waals surface area contributed by atoms with E-state index < -0.39 is 20.4 Å². The predicted octanol–water partition coefficient (Wildman–Crippen LogP) is -4.97. The average Bonchev–Trinajstić information content (AvgIpc) is 1.58. The molecule has 0 aromatic rings. The minimum atomic E-state index is -5.20. The van der Waals surface area contributed by atoms with Gasteiger partial charge >= 0.3 is 29.6 Å². The van der Waals surface area contributed by atoms with E-state index in [4.69, 9.17) is 14.9 Å². The van der Waals surface area contributed by atoms with Crippen molar-refractivity contribution in [1.82, 2.24) is 0 Å². The van der Waals surface area contributed by atoms with E-state index in [9.17, 15) is 14.4 Å². The van der Waals surface area contributed by atoms with Crippen LogP contribution in [0.4, 0.5) is 0 Å². The van der Waals surface area contributed by atoms with Crippen LogP contribution in [0.3, 0.4) is 0 Å². The number of aliphatic hydroxyl groups is 1. The summed E-state index contributed by atoms with van der Waals surface area (Å²) in [6, 6.07) is 0. The van der Waals surface area contributed by atoms with E-state index in [-0.39, 0.29) is 29.6 Å². The van der Waals surface area contributed by atoms with Gasteiger partial charge in [0.2, 0.25) is 0 Å². The third-order valence-corrected chi connectivity index (χ3v) is 5.84. The van der Waals surface area contributed by atoms with Crippen LogP contribution in [0.25, 0.3) is 0 Å². The van der Waals surface area contributed by atoms with Crippen LogP contribution in [0.2, 0.25) is 0 Å². The van der Waals surface area contributed by atoms with Crippen molar-refractivity contribution < 1.29 is 58.8 Å². The maximum atomic E-state index is 10.7. The molecule has 0 aliphatic carbocycles. The van der Waals surface area contributed by atoms with Gasteiger partial charge in [0.15, 0.2) is 0 Å². The molecule has 0 aliphatic heterocycles. The van der Waals surface area contributed by atoms with Crippen LogP contribution in [-0.2, 0) is 4.57 Å². The Labute approximate surface area is 92.6 Å². The van der Waals surface area contributed by atoms with Gasteiger partial charge in [-0.15, -0.1) is 0 Å². The molecule has 2 atom stereocenters. The van der Waals surface area contributed by atoms with Crippen LogP contribution < -0.4 is 39.3 Å². The smallest absolute Gasteiger partial charge is 0.657 e. The summed E-state index contributed by atoms with van der Waals surface area (Å²) in [4.78, 5) is 37.6. The number of hydrogen-bond donors (Lipinski definition) is 3. The molecular weight excluding hydrogens is 217 g/mol. The van der Waals surface area contributed by atoms with Gasteiger partial charge in [0.05, 0.1) is 7.94 Å². The quantitative estimate of drug-likeness (QED) is 0.320. The van der Waals surface area contributed by atoms with Gasteiger partial charge in [0.1, 0.15) is 0 Å². The van der Waals surface area contributed by atoms with E-state index in [0.717, 1.165) is 0 Å². The molecule has 0 aliphatic rings. The summed E-state index contributed by atoms with van der Waals surface area (Å²) < 4.78 is 10.7. The van der Waals surface area contributed by atoms with Gasteiger partial charge < -0.3 is 19.8 Å². The van der Waals surface area contributed by atoms with Gasteiger partial charge in [-0.2, -0.15) is 0 Å². The first kappa shape index (κ1) is 15.9. The van der Waals surface area contributed by atoms with Crippen molar-refractivity contribution in [3.63, 3.8) is 0 Å². The summed E-state index contributed by atoms with van der Waals surface area (Å²) in [5.74, 6) is 0. The zero-order valence-electron chi connectivity index (χ0n) is 6.96. The molecule has 0 bridgehead atoms. The molecule has 68 valence electrons. The molecule has 0 spiro atoms. The van der Waals surface area contributed by atoms with E-state index >= 15 is 0 Å². The van der Waals surface area contributed by atoms with E-state index in [1.54, 1.807) is 0 Å². The fourth-order valence-electron chi connectivity index (χ4n) is 0.234. The van der Waals surface area contributed by atoms with Gasteiger partial charge in [0, 0.05) is 13.6 Å². The Hall–Kier alpha value is 1.46. The summed E-state index contributed by atoms with van der Waals surface area (Å²) >= 11 is 0. The first-order valence-corrected chi connectivity index (χ1v) is 6.25. The fourth-order valence-corrected chi connectivity index (χ4v) is 2.11. The van der Waals surface area contributed by atoms with Crippen LogP contribution >= 0.6 is 15.3 Å². The molecule has 9 heteroatoms. The van der Waals surface area contributed by atoms with Crippen LogP contribution in [0.15, 0.2) is 0 Å². The van der Waals surface area contributed by atoms with Gasteiger partial charge in [-0.1, -0.05) is 0 Å². The van der Waals surface area contributed by atoms with Gasteiger partial charge in [-0.25, -0.2) is 0 Å². The van der Waals surface area contributed by atoms with Crippen molar-refractivity contribution in [3.8, 4) is 0 Å². The maximum Gasteiger partial charge on any atom is 1.00 e. The maximum absolute atomic E-state index is 10.7. The van der Waals surface area contributed by atoms with Crippen molar-refractivity contribution in [1.29, 1.82) is 0 Å². The Bertz CT molecular complexity index is 191. The largest absolute Gasteiger partial charge is 1.00 e. The first-order valence-electron chi connectivity index (χ1n) is 2.57. The number of hydrogen-bond acceptors (Lipinski definition) is 5. The molecule has 0 rings (SSSR count). The Morgan fingerprint density at radius 3 is 1.75 bits per heavy atom. The fraction of sp³-hybridized carbons (Fsp3) is 1.00. The topological polar surface area (TPSA) is 124 Å². The molecule has 0 aromatic carbocycles. The Morgan fingerprint density at radius 2 is 1.75 bits per heavy atom. The minimum absolute atomic E-state index is 0. The summed E-state index contributed by atoms with van der Waals surface area (Å²) in [6.45, 7) is 1.22. The van der Waals surface area contributed by atoms with Crippen LogP contribution in [0, 0.1) is 0 Å². The molecule has 0 amide bonds. The average molecular weight is 226 g/mol. The van der Waals surface area contributed by atoms with Crippen molar-refractivity contribution in [2.24, 2.45) is 0 Å². The van der Waals surface area contributed by atoms with Crippen LogP contribution in [0.5, 0.6) is 0 Å². The Balaban J connectivity index is 0. The van der Waals surface area contributed by atoms with Gasteiger partial charge in [-0.05, 0) is 0 Å². The Kier molecular flexibility index (Phi) is 5.73. The molecule has 6 nitrogen and oxygen atoms in total. The minimum Gasteiger partial charge on any atom is -0.657 e. The molecule has 3 N–H and O–H groups in total. The van der Waals surface area contributed by atoms with Crippen molar-refractivity contribution in [3.05, 3.63) is 0 Å². The summed E-state index contributed by atoms with van der Waals surface area (Å²) in [7, 11) is -9.46. The normalized spacial score (nSPS) is 21.9. The van der Waals surface area contributed by atoms with Crippen molar-refractivity contribution >= 4 is 15.3 Å². The predicted molar refractivity (Wildman–Crippen MR) is 35.5 cm³/mol. The zero-order valence-corrected chi connectivity index (χ0v) is 10.7. The second kappa shape index (κ2) is 4.32. The Morgan fingerprint density at radius 1 is 1.50 bits per heavy atom. The van der Waals surface area contributed by atoms with E-state index in [0.29, 0.717) is 13.6 Å². The SMILES string of the molecule is CC(O)(P(C)(=O)O)[P+]([O-])([O-])O.[Na+]. The van der Waals surface area contributed by atoms with E-state index in [2.05, 4.69) is 0 Å². The molecule has 0 aromatic heterocycles. The van der Waals surface area contributed by atoms with Crippen LogP contribution in [-0.4, -0.2) is 26.6 Å². The van der Waals surface area contributed by atoms with Crippen molar-refractivity contribution in [2.45, 2.75) is 12.0 Å². The third kappa shape index (κ3) is 3.31. The standard InChI is InChI=1S/C3H10O6P2.Na/c1-3(4,10(2,5)6)11(7,8)9;/h4H,1-2H3,(H,5,6)(H2,7,8,9);/q;+1/p-1. The molecule has 0 saturated heterocycles. The molecule has 2 unspecified atom stereocenters. The second-order valence-electron chi connectivity index (χ2n) is 2.37. The molecule has 0 saturated carbocycles. The third-order valence-electron chi connectivity index (χ3n) is 1.32. The molecule has 12 heavy (non-hydrogen) atoms. The van der Waals surface area contributed by atoms with Crippen LogP contribution in [0.1, 0.15) is 6.92 Å². The van der Waals surface area contributed by atoms with Gasteiger partial charge in [0.25, 0.3) is 12.5 Å². The van der Waals surface area contributed by atoms with Crippen molar-refractivity contribution in [2.75, 3.05) is 6.66 Å². The molecule has 0 radical (unpaired) electrons. The number of rotatable bonds is 2. The van der Waals surface area contributed by atoms with Gasteiger partial charge in [-0.3, -0.25) is 9.46 Å². The summed E-state index contributed by atoms with van der Waals surface area (Å²) in [5, 5.41) is 5.89. The molecular formula is C3H9NaO6P2. The summed E-state index contributed by atoms with van der Waals surface area (Å²) in [5.41, 5.74) is 0. The van der Waals surface area contributed by atoms with E-state index in [1.807, 2.05) is 0 Å².